The summed E-state index contributed by atoms with van der Waals surface area (Å²) in [5.74, 6) is -0.426. The predicted octanol–water partition coefficient (Wildman–Crippen LogP) is 4.79. The van der Waals surface area contributed by atoms with Crippen LogP contribution >= 0.6 is 0 Å². The van der Waals surface area contributed by atoms with Crippen LogP contribution in [0, 0.1) is 13.8 Å². The zero-order chi connectivity index (χ0) is 18.1. The molecule has 0 radical (unpaired) electrons. The lowest BCUT2D eigenvalue weighted by molar-refractivity contribution is -0.249. The standard InChI is InChI=1S/C22H32O4/c1-4-9-18-19(23-14-17-15(2)10-8-11-16(17)3)20-21(24-18)26-22(25-20)12-6-5-7-13-22/h8,10-11,18-21H,4-7,9,12-14H2,1-3H3/t18-,19+,20-,21-/m1/s1. The molecule has 144 valence electrons. The molecule has 2 aliphatic heterocycles. The third-order valence-corrected chi connectivity index (χ3v) is 6.20. The molecule has 1 aliphatic carbocycles. The second-order valence-electron chi connectivity index (χ2n) is 8.15. The zero-order valence-electron chi connectivity index (χ0n) is 16.3. The van der Waals surface area contributed by atoms with Crippen LogP contribution in [0.5, 0.6) is 0 Å². The van der Waals surface area contributed by atoms with Gasteiger partial charge in [0.2, 0.25) is 0 Å². The first kappa shape index (κ1) is 18.4. The molecule has 4 nitrogen and oxygen atoms in total. The van der Waals surface area contributed by atoms with Crippen molar-refractivity contribution in [2.24, 2.45) is 0 Å². The molecule has 0 N–H and O–H groups in total. The van der Waals surface area contributed by atoms with Crippen molar-refractivity contribution in [3.05, 3.63) is 34.9 Å². The van der Waals surface area contributed by atoms with Crippen molar-refractivity contribution in [2.45, 2.75) is 103 Å². The van der Waals surface area contributed by atoms with E-state index in [0.29, 0.717) is 6.61 Å². The van der Waals surface area contributed by atoms with Gasteiger partial charge in [0, 0.05) is 12.8 Å². The van der Waals surface area contributed by atoms with Crippen LogP contribution < -0.4 is 0 Å². The number of fused-ring (bicyclic) bond motifs is 1. The molecule has 2 saturated heterocycles. The first-order chi connectivity index (χ1) is 12.6. The van der Waals surface area contributed by atoms with Gasteiger partial charge in [0.15, 0.2) is 12.1 Å². The van der Waals surface area contributed by atoms with Gasteiger partial charge in [-0.2, -0.15) is 0 Å². The summed E-state index contributed by atoms with van der Waals surface area (Å²) < 4.78 is 25.5. The predicted molar refractivity (Wildman–Crippen MR) is 99.8 cm³/mol. The lowest BCUT2D eigenvalue weighted by atomic mass is 9.94. The van der Waals surface area contributed by atoms with E-state index in [2.05, 4.69) is 39.0 Å². The van der Waals surface area contributed by atoms with Crippen molar-refractivity contribution in [1.82, 2.24) is 0 Å². The zero-order valence-corrected chi connectivity index (χ0v) is 16.3. The molecule has 26 heavy (non-hydrogen) atoms. The lowest BCUT2D eigenvalue weighted by Gasteiger charge is -2.34. The van der Waals surface area contributed by atoms with E-state index in [1.54, 1.807) is 0 Å². The highest BCUT2D eigenvalue weighted by atomic mass is 16.8. The summed E-state index contributed by atoms with van der Waals surface area (Å²) in [4.78, 5) is 0. The molecule has 0 unspecified atom stereocenters. The summed E-state index contributed by atoms with van der Waals surface area (Å²) in [5.41, 5.74) is 3.83. The molecule has 2 heterocycles. The Kier molecular flexibility index (Phi) is 5.38. The van der Waals surface area contributed by atoms with Crippen molar-refractivity contribution in [1.29, 1.82) is 0 Å². The van der Waals surface area contributed by atoms with E-state index >= 15 is 0 Å². The third-order valence-electron chi connectivity index (χ3n) is 6.20. The van der Waals surface area contributed by atoms with Crippen LogP contribution in [0.3, 0.4) is 0 Å². The molecule has 3 aliphatic rings. The minimum atomic E-state index is -0.426. The van der Waals surface area contributed by atoms with Crippen LogP contribution in [0.25, 0.3) is 0 Å². The summed E-state index contributed by atoms with van der Waals surface area (Å²) in [6, 6.07) is 6.40. The van der Waals surface area contributed by atoms with Crippen LogP contribution in [-0.2, 0) is 25.6 Å². The normalized spacial score (nSPS) is 32.9. The molecule has 1 aromatic rings. The average molecular weight is 360 g/mol. The fourth-order valence-electron chi connectivity index (χ4n) is 4.70. The number of benzene rings is 1. The molecule has 1 aromatic carbocycles. The highest BCUT2D eigenvalue weighted by molar-refractivity contribution is 5.32. The highest BCUT2D eigenvalue weighted by Crippen LogP contribution is 2.46. The summed E-state index contributed by atoms with van der Waals surface area (Å²) in [6.07, 6.45) is 7.24. The van der Waals surface area contributed by atoms with Gasteiger partial charge in [0.1, 0.15) is 12.2 Å². The van der Waals surface area contributed by atoms with Gasteiger partial charge in [-0.05, 0) is 49.8 Å². The topological polar surface area (TPSA) is 36.9 Å². The van der Waals surface area contributed by atoms with Crippen molar-refractivity contribution >= 4 is 0 Å². The van der Waals surface area contributed by atoms with E-state index in [1.165, 1.54) is 36.0 Å². The minimum absolute atomic E-state index is 0.0553. The van der Waals surface area contributed by atoms with Crippen LogP contribution in [0.4, 0.5) is 0 Å². The van der Waals surface area contributed by atoms with E-state index in [4.69, 9.17) is 18.9 Å². The molecular formula is C22H32O4. The Bertz CT molecular complexity index is 602. The maximum Gasteiger partial charge on any atom is 0.190 e. The van der Waals surface area contributed by atoms with Crippen molar-refractivity contribution < 1.29 is 18.9 Å². The van der Waals surface area contributed by atoms with Crippen molar-refractivity contribution in [3.63, 3.8) is 0 Å². The molecule has 4 heteroatoms. The number of aryl methyl sites for hydroxylation is 2. The van der Waals surface area contributed by atoms with Crippen LogP contribution in [0.2, 0.25) is 0 Å². The van der Waals surface area contributed by atoms with Crippen molar-refractivity contribution in [3.8, 4) is 0 Å². The summed E-state index contributed by atoms with van der Waals surface area (Å²) in [6.45, 7) is 7.08. The second kappa shape index (κ2) is 7.59. The second-order valence-corrected chi connectivity index (χ2v) is 8.15. The number of hydrogen-bond donors (Lipinski definition) is 0. The molecule has 0 amide bonds. The van der Waals surface area contributed by atoms with Gasteiger partial charge < -0.3 is 18.9 Å². The molecule has 4 atom stereocenters. The number of rotatable bonds is 5. The van der Waals surface area contributed by atoms with Gasteiger partial charge in [-0.1, -0.05) is 38.0 Å². The molecule has 1 saturated carbocycles. The Labute approximate surface area is 157 Å². The lowest BCUT2D eigenvalue weighted by Crippen LogP contribution is -2.40. The maximum atomic E-state index is 6.48. The van der Waals surface area contributed by atoms with E-state index in [9.17, 15) is 0 Å². The third kappa shape index (κ3) is 3.45. The van der Waals surface area contributed by atoms with E-state index < -0.39 is 5.79 Å². The molecular weight excluding hydrogens is 328 g/mol. The van der Waals surface area contributed by atoms with E-state index in [-0.39, 0.29) is 24.6 Å². The first-order valence-corrected chi connectivity index (χ1v) is 10.3. The van der Waals surface area contributed by atoms with Gasteiger partial charge in [-0.3, -0.25) is 0 Å². The molecule has 0 bridgehead atoms. The molecule has 4 rings (SSSR count). The van der Waals surface area contributed by atoms with Gasteiger partial charge >= 0.3 is 0 Å². The van der Waals surface area contributed by atoms with Gasteiger partial charge in [0.05, 0.1) is 12.7 Å². The molecule has 3 fully saturated rings. The summed E-state index contributed by atoms with van der Waals surface area (Å²) in [7, 11) is 0. The molecule has 1 spiro atoms. The fourth-order valence-corrected chi connectivity index (χ4v) is 4.70. The minimum Gasteiger partial charge on any atom is -0.368 e. The quantitative estimate of drug-likeness (QED) is 0.756. The average Bonchev–Trinajstić information content (AvgIpc) is 3.10. The van der Waals surface area contributed by atoms with Gasteiger partial charge in [-0.15, -0.1) is 0 Å². The summed E-state index contributed by atoms with van der Waals surface area (Å²) >= 11 is 0. The maximum absolute atomic E-state index is 6.48. The van der Waals surface area contributed by atoms with Gasteiger partial charge in [-0.25, -0.2) is 0 Å². The van der Waals surface area contributed by atoms with Crippen LogP contribution in [0.15, 0.2) is 18.2 Å². The highest BCUT2D eigenvalue weighted by Gasteiger charge is 2.58. The fraction of sp³-hybridized carbons (Fsp3) is 0.727. The Balaban J connectivity index is 1.48. The smallest absolute Gasteiger partial charge is 0.190 e. The van der Waals surface area contributed by atoms with Gasteiger partial charge in [0.25, 0.3) is 0 Å². The number of ether oxygens (including phenoxy) is 4. The molecule has 0 aromatic heterocycles. The Hall–Kier alpha value is -0.940. The van der Waals surface area contributed by atoms with Crippen molar-refractivity contribution in [2.75, 3.05) is 0 Å². The monoisotopic (exact) mass is 360 g/mol. The SMILES string of the molecule is CCC[C@H]1O[C@@H]2OC3(CCCCC3)O[C@@H]2[C@H]1OCc1c(C)cccc1C. The Morgan fingerprint density at radius 2 is 1.81 bits per heavy atom. The largest absolute Gasteiger partial charge is 0.368 e. The van der Waals surface area contributed by atoms with E-state index in [0.717, 1.165) is 25.7 Å². The number of hydrogen-bond acceptors (Lipinski definition) is 4. The Morgan fingerprint density at radius 1 is 1.08 bits per heavy atom. The summed E-state index contributed by atoms with van der Waals surface area (Å²) in [5, 5.41) is 0. The van der Waals surface area contributed by atoms with Crippen LogP contribution in [-0.4, -0.2) is 30.4 Å². The van der Waals surface area contributed by atoms with Crippen LogP contribution in [0.1, 0.15) is 68.6 Å². The first-order valence-electron chi connectivity index (χ1n) is 10.3. The van der Waals surface area contributed by atoms with E-state index in [1.807, 2.05) is 0 Å². The Morgan fingerprint density at radius 3 is 2.50 bits per heavy atom.